The van der Waals surface area contributed by atoms with E-state index in [1.165, 1.54) is 50.0 Å². The van der Waals surface area contributed by atoms with E-state index in [-0.39, 0.29) is 1.43 Å². The van der Waals surface area contributed by atoms with Gasteiger partial charge in [-0.05, 0) is 0 Å². The van der Waals surface area contributed by atoms with Gasteiger partial charge in [-0.2, -0.15) is 0 Å². The zero-order valence-electron chi connectivity index (χ0n) is 7.66. The van der Waals surface area contributed by atoms with Crippen LogP contribution in [0.1, 0.15) is 53.3 Å². The van der Waals surface area contributed by atoms with Gasteiger partial charge in [0, 0.05) is 1.43 Å². The second-order valence-electron chi connectivity index (χ2n) is 3.12. The first-order chi connectivity index (χ1) is 4.91. The summed E-state index contributed by atoms with van der Waals surface area (Å²) in [6.07, 6.45) is 10.1. The summed E-state index contributed by atoms with van der Waals surface area (Å²) in [6.45, 7) is 2.27. The molecule has 0 aromatic heterocycles. The molecule has 0 unspecified atom stereocenters. The van der Waals surface area contributed by atoms with Gasteiger partial charge >= 0.3 is 74.7 Å². The first-order valence-corrected chi connectivity index (χ1v) is 4.91. The molecule has 0 aliphatic rings. The van der Waals surface area contributed by atoms with Crippen molar-refractivity contribution in [1.29, 1.82) is 0 Å². The van der Waals surface area contributed by atoms with Crippen LogP contribution < -0.4 is 0 Å². The topological polar surface area (TPSA) is 0 Å². The van der Waals surface area contributed by atoms with Gasteiger partial charge in [-0.15, -0.1) is 0 Å². The fraction of sp³-hybridized carbons (Fsp3) is 1.00. The minimum atomic E-state index is 0. The van der Waals surface area contributed by atoms with Crippen molar-refractivity contribution in [3.63, 3.8) is 0 Å². The molecular weight excluding hydrogens is 115 g/mol. The van der Waals surface area contributed by atoms with Crippen LogP contribution in [0.5, 0.6) is 0 Å². The molecule has 0 saturated carbocycles. The summed E-state index contributed by atoms with van der Waals surface area (Å²) in [6, 6.07) is 0. The van der Waals surface area contributed by atoms with E-state index in [2.05, 4.69) is 24.6 Å². The van der Waals surface area contributed by atoms with Crippen LogP contribution in [0, 0.1) is 0 Å². The Morgan fingerprint density at radius 3 is 1.90 bits per heavy atom. The second kappa shape index (κ2) is 9.60. The molecule has 0 nitrogen and oxygen atoms in total. The fourth-order valence-corrected chi connectivity index (χ4v) is 1.21. The molecule has 0 rings (SSSR count). The van der Waals surface area contributed by atoms with Gasteiger partial charge in [0.2, 0.25) is 0 Å². The molecule has 58 valence electrons. The van der Waals surface area contributed by atoms with Crippen LogP contribution in [0.25, 0.3) is 0 Å². The summed E-state index contributed by atoms with van der Waals surface area (Å²) in [5.41, 5.74) is 0. The van der Waals surface area contributed by atoms with Gasteiger partial charge in [-0.3, -0.25) is 0 Å². The van der Waals surface area contributed by atoms with Crippen LogP contribution in [-0.2, 0) is 0 Å². The molecule has 0 aromatic rings. The molecule has 0 spiro atoms. The third-order valence-corrected chi connectivity index (χ3v) is 1.96. The van der Waals surface area contributed by atoms with E-state index >= 15 is 0 Å². The summed E-state index contributed by atoms with van der Waals surface area (Å²) < 4.78 is 0. The predicted octanol–water partition coefficient (Wildman–Crippen LogP) is 3.57. The fourth-order valence-electron chi connectivity index (χ4n) is 1.21. The average Bonchev–Trinajstić information content (AvgIpc) is 1.97. The van der Waals surface area contributed by atoms with Gasteiger partial charge in [-0.25, -0.2) is 0 Å². The van der Waals surface area contributed by atoms with Crippen molar-refractivity contribution >= 4 is 17.7 Å². The van der Waals surface area contributed by atoms with Crippen molar-refractivity contribution < 1.29 is 1.43 Å². The first-order valence-electron chi connectivity index (χ1n) is 4.91. The number of rotatable bonds is 7. The number of hydrogen-bond donors (Lipinski definition) is 0. The SMILES string of the molecule is [HH].[Li][CH2]CCCCCCCC. The van der Waals surface area contributed by atoms with Crippen molar-refractivity contribution in [3.05, 3.63) is 0 Å². The molecule has 0 fully saturated rings. The van der Waals surface area contributed by atoms with Crippen molar-refractivity contribution in [2.75, 3.05) is 0 Å². The van der Waals surface area contributed by atoms with Crippen molar-refractivity contribution in [1.82, 2.24) is 0 Å². The van der Waals surface area contributed by atoms with E-state index in [1.54, 1.807) is 0 Å². The zero-order valence-corrected chi connectivity index (χ0v) is 7.66. The predicted molar refractivity (Wildman–Crippen MR) is 50.7 cm³/mol. The van der Waals surface area contributed by atoms with Crippen molar-refractivity contribution in [2.24, 2.45) is 0 Å². The van der Waals surface area contributed by atoms with Crippen molar-refractivity contribution in [3.8, 4) is 0 Å². The van der Waals surface area contributed by atoms with Gasteiger partial charge in [0.15, 0.2) is 0 Å². The molecule has 10 heavy (non-hydrogen) atoms. The summed E-state index contributed by atoms with van der Waals surface area (Å²) >= 11 is 2.27. The van der Waals surface area contributed by atoms with Crippen LogP contribution >= 0.6 is 0 Å². The van der Waals surface area contributed by atoms with Crippen LogP contribution in [-0.4, -0.2) is 17.7 Å². The monoisotopic (exact) mass is 136 g/mol. The summed E-state index contributed by atoms with van der Waals surface area (Å²) in [4.78, 5) is 0. The molecule has 0 saturated heterocycles. The van der Waals surface area contributed by atoms with Crippen LogP contribution in [0.3, 0.4) is 0 Å². The third-order valence-electron chi connectivity index (χ3n) is 1.96. The van der Waals surface area contributed by atoms with Gasteiger partial charge in [0.05, 0.1) is 0 Å². The van der Waals surface area contributed by atoms with E-state index in [0.29, 0.717) is 0 Å². The molecule has 0 aliphatic heterocycles. The summed E-state index contributed by atoms with van der Waals surface area (Å²) in [5, 5.41) is 1.37. The Morgan fingerprint density at radius 1 is 0.900 bits per heavy atom. The van der Waals surface area contributed by atoms with E-state index in [0.717, 1.165) is 0 Å². The van der Waals surface area contributed by atoms with Crippen LogP contribution in [0.2, 0.25) is 5.09 Å². The van der Waals surface area contributed by atoms with Gasteiger partial charge < -0.3 is 0 Å². The van der Waals surface area contributed by atoms with Crippen LogP contribution in [0.15, 0.2) is 0 Å². The van der Waals surface area contributed by atoms with Gasteiger partial charge in [0.1, 0.15) is 0 Å². The molecule has 0 aliphatic carbocycles. The van der Waals surface area contributed by atoms with Crippen LogP contribution in [0.4, 0.5) is 0 Å². The Kier molecular flexibility index (Phi) is 10.2. The van der Waals surface area contributed by atoms with Gasteiger partial charge in [0.25, 0.3) is 0 Å². The van der Waals surface area contributed by atoms with E-state index in [9.17, 15) is 0 Å². The molecule has 0 heterocycles. The number of hydrogen-bond acceptors (Lipinski definition) is 0. The maximum atomic E-state index is 2.27. The van der Waals surface area contributed by atoms with Crippen molar-refractivity contribution in [2.45, 2.75) is 57.0 Å². The third kappa shape index (κ3) is 8.60. The summed E-state index contributed by atoms with van der Waals surface area (Å²) in [5.74, 6) is 0. The molecule has 0 amide bonds. The summed E-state index contributed by atoms with van der Waals surface area (Å²) in [7, 11) is 0. The molecule has 0 radical (unpaired) electrons. The van der Waals surface area contributed by atoms with Gasteiger partial charge in [-0.1, -0.05) is 0 Å². The van der Waals surface area contributed by atoms with E-state index < -0.39 is 0 Å². The Labute approximate surface area is 76.5 Å². The molecule has 0 aromatic carbocycles. The molecule has 0 atom stereocenters. The Bertz CT molecular complexity index is 49.5. The Balaban J connectivity index is 0. The zero-order chi connectivity index (χ0) is 7.66. The average molecular weight is 136 g/mol. The quantitative estimate of drug-likeness (QED) is 0.370. The normalized spacial score (nSPS) is 10.3. The first kappa shape index (κ1) is 10.6. The minimum absolute atomic E-state index is 0. The Morgan fingerprint density at radius 2 is 1.40 bits per heavy atom. The second-order valence-corrected chi connectivity index (χ2v) is 3.12. The standard InChI is InChI=1S/C9H19.Li.H2/c1-3-5-7-9-8-6-4-2;;/h1,3-9H2,2H3;;1H. The van der Waals surface area contributed by atoms with E-state index in [1.807, 2.05) is 0 Å². The van der Waals surface area contributed by atoms with E-state index in [4.69, 9.17) is 0 Å². The molecular formula is C9H21Li. The Hall–Kier alpha value is 0.597. The maximum absolute atomic E-state index is 2.27. The molecule has 0 bridgehead atoms. The molecule has 0 N–H and O–H groups in total. The number of unbranched alkanes of at least 4 members (excludes halogenated alkanes) is 6. The molecule has 1 heteroatoms.